The molecule has 2 aromatic carbocycles. The number of fused-ring (bicyclic) bond motifs is 1. The molecule has 0 fully saturated rings. The van der Waals surface area contributed by atoms with Crippen molar-refractivity contribution in [3.63, 3.8) is 0 Å². The minimum Gasteiger partial charge on any atom is -0.494 e. The van der Waals surface area contributed by atoms with Crippen molar-refractivity contribution in [2.75, 3.05) is 36.6 Å². The van der Waals surface area contributed by atoms with Gasteiger partial charge in [0, 0.05) is 40.2 Å². The number of hydrogen-bond acceptors (Lipinski definition) is 6. The fourth-order valence-corrected chi connectivity index (χ4v) is 4.22. The summed E-state index contributed by atoms with van der Waals surface area (Å²) < 4.78 is 41.8. The first-order valence-corrected chi connectivity index (χ1v) is 13.2. The predicted octanol–water partition coefficient (Wildman–Crippen LogP) is 5.17. The summed E-state index contributed by atoms with van der Waals surface area (Å²) in [6.07, 6.45) is 5.28. The van der Waals surface area contributed by atoms with Crippen LogP contribution in [0.4, 0.5) is 20.3 Å². The van der Waals surface area contributed by atoms with Crippen LogP contribution in [-0.4, -0.2) is 51.6 Å². The third-order valence-corrected chi connectivity index (χ3v) is 6.16. The third-order valence-electron chi connectivity index (χ3n) is 5.72. The number of anilines is 2. The van der Waals surface area contributed by atoms with E-state index in [0.29, 0.717) is 54.6 Å². The number of hydrogen-bond donors (Lipinski definition) is 2. The number of imidazole rings is 1. The molecule has 11 heteroatoms. The van der Waals surface area contributed by atoms with Gasteiger partial charge in [0.15, 0.2) is 23.0 Å². The number of carbonyl (C=O) groups is 1. The molecule has 0 aliphatic carbocycles. The number of ether oxygens (including phenoxy) is 2. The van der Waals surface area contributed by atoms with E-state index in [2.05, 4.69) is 43.2 Å². The van der Waals surface area contributed by atoms with E-state index in [0.717, 1.165) is 9.99 Å². The van der Waals surface area contributed by atoms with Crippen molar-refractivity contribution >= 4 is 45.7 Å². The van der Waals surface area contributed by atoms with E-state index in [1.165, 1.54) is 25.4 Å². The highest BCUT2D eigenvalue weighted by molar-refractivity contribution is 14.1. The number of amides is 1. The lowest BCUT2D eigenvalue weighted by atomic mass is 10.0. The SMILES string of the molecule is CCc1cc(Nc2nccn3c(-c4ccc(OC)c(F)c4F)cnc23)ccc1C(=O)NCCOCCI. The summed E-state index contributed by atoms with van der Waals surface area (Å²) >= 11 is 2.23. The van der Waals surface area contributed by atoms with E-state index >= 15 is 0 Å². The van der Waals surface area contributed by atoms with Crippen molar-refractivity contribution in [1.29, 1.82) is 0 Å². The molecule has 0 atom stereocenters. The molecule has 0 aliphatic heterocycles. The smallest absolute Gasteiger partial charge is 0.251 e. The zero-order valence-electron chi connectivity index (χ0n) is 20.4. The number of aromatic nitrogens is 3. The van der Waals surface area contributed by atoms with E-state index in [1.54, 1.807) is 28.9 Å². The van der Waals surface area contributed by atoms with Crippen LogP contribution in [0.2, 0.25) is 0 Å². The first-order valence-electron chi connectivity index (χ1n) is 11.6. The van der Waals surface area contributed by atoms with Gasteiger partial charge in [-0.25, -0.2) is 14.4 Å². The Morgan fingerprint density at radius 3 is 2.73 bits per heavy atom. The molecule has 2 N–H and O–H groups in total. The van der Waals surface area contributed by atoms with Gasteiger partial charge in [0.2, 0.25) is 5.82 Å². The molecule has 0 saturated heterocycles. The molecule has 194 valence electrons. The molecule has 0 spiro atoms. The average Bonchev–Trinajstić information content (AvgIpc) is 3.35. The second kappa shape index (κ2) is 12.3. The van der Waals surface area contributed by atoms with Crippen molar-refractivity contribution in [2.24, 2.45) is 0 Å². The maximum absolute atomic E-state index is 14.7. The molecule has 2 heterocycles. The fourth-order valence-electron chi connectivity index (χ4n) is 3.90. The highest BCUT2D eigenvalue weighted by Crippen LogP contribution is 2.31. The maximum Gasteiger partial charge on any atom is 0.251 e. The van der Waals surface area contributed by atoms with Gasteiger partial charge in [0.25, 0.3) is 5.91 Å². The highest BCUT2D eigenvalue weighted by Gasteiger charge is 2.19. The standard InChI is InChI=1S/C26H26F2IN5O3/c1-3-16-14-17(4-5-18(16)26(35)31-10-13-37-12-8-29)33-24-25-32-15-20(34(25)11-9-30-24)19-6-7-21(36-2)23(28)22(19)27/h4-7,9,11,14-15H,3,8,10,12-13H2,1-2H3,(H,30,33)(H,31,35). The first kappa shape index (κ1) is 26.7. The van der Waals surface area contributed by atoms with Crippen molar-refractivity contribution in [2.45, 2.75) is 13.3 Å². The van der Waals surface area contributed by atoms with Gasteiger partial charge in [0.1, 0.15) is 0 Å². The maximum atomic E-state index is 14.7. The normalized spacial score (nSPS) is 11.1. The number of nitrogens with zero attached hydrogens (tertiary/aromatic N) is 3. The van der Waals surface area contributed by atoms with E-state index in [9.17, 15) is 13.6 Å². The molecular formula is C26H26F2IN5O3. The summed E-state index contributed by atoms with van der Waals surface area (Å²) in [7, 11) is 1.28. The van der Waals surface area contributed by atoms with Gasteiger partial charge in [-0.3, -0.25) is 9.20 Å². The number of aryl methyl sites for hydroxylation is 1. The lowest BCUT2D eigenvalue weighted by Gasteiger charge is -2.13. The monoisotopic (exact) mass is 621 g/mol. The van der Waals surface area contributed by atoms with Gasteiger partial charge in [-0.05, 0) is 42.3 Å². The van der Waals surface area contributed by atoms with Crippen LogP contribution in [0.5, 0.6) is 5.75 Å². The lowest BCUT2D eigenvalue weighted by Crippen LogP contribution is -2.28. The van der Waals surface area contributed by atoms with Crippen LogP contribution in [-0.2, 0) is 11.2 Å². The van der Waals surface area contributed by atoms with E-state index < -0.39 is 11.6 Å². The fraction of sp³-hybridized carbons (Fsp3) is 0.269. The Labute approximate surface area is 226 Å². The molecule has 0 saturated carbocycles. The Bertz CT molecular complexity index is 1410. The number of rotatable bonds is 11. The van der Waals surface area contributed by atoms with Crippen LogP contribution >= 0.6 is 22.6 Å². The number of carbonyl (C=O) groups excluding carboxylic acids is 1. The molecule has 0 radical (unpaired) electrons. The Kier molecular flexibility index (Phi) is 8.87. The summed E-state index contributed by atoms with van der Waals surface area (Å²) in [4.78, 5) is 21.4. The summed E-state index contributed by atoms with van der Waals surface area (Å²) in [5, 5.41) is 6.11. The molecule has 4 aromatic rings. The van der Waals surface area contributed by atoms with Crippen LogP contribution in [0.15, 0.2) is 48.9 Å². The van der Waals surface area contributed by atoms with E-state index in [-0.39, 0.29) is 17.2 Å². The van der Waals surface area contributed by atoms with Gasteiger partial charge < -0.3 is 20.1 Å². The van der Waals surface area contributed by atoms with Crippen LogP contribution in [0.3, 0.4) is 0 Å². The van der Waals surface area contributed by atoms with Crippen molar-refractivity contribution < 1.29 is 23.0 Å². The lowest BCUT2D eigenvalue weighted by molar-refractivity contribution is 0.0923. The van der Waals surface area contributed by atoms with E-state index in [4.69, 9.17) is 9.47 Å². The minimum absolute atomic E-state index is 0.0475. The molecule has 1 amide bonds. The molecule has 0 unspecified atom stereocenters. The zero-order valence-corrected chi connectivity index (χ0v) is 22.5. The summed E-state index contributed by atoms with van der Waals surface area (Å²) in [5.41, 5.74) is 3.01. The van der Waals surface area contributed by atoms with Gasteiger partial charge >= 0.3 is 0 Å². The quantitative estimate of drug-likeness (QED) is 0.137. The minimum atomic E-state index is -1.06. The topological polar surface area (TPSA) is 89.8 Å². The third kappa shape index (κ3) is 5.82. The highest BCUT2D eigenvalue weighted by atomic mass is 127. The Morgan fingerprint density at radius 1 is 1.14 bits per heavy atom. The van der Waals surface area contributed by atoms with E-state index in [1.807, 2.05) is 13.0 Å². The molecule has 4 rings (SSSR count). The number of benzene rings is 2. The molecule has 0 bridgehead atoms. The van der Waals surface area contributed by atoms with Gasteiger partial charge in [0.05, 0.1) is 32.2 Å². The molecule has 8 nitrogen and oxygen atoms in total. The molecule has 2 aromatic heterocycles. The largest absolute Gasteiger partial charge is 0.494 e. The van der Waals surface area contributed by atoms with Crippen LogP contribution in [0, 0.1) is 11.6 Å². The van der Waals surface area contributed by atoms with Crippen LogP contribution in [0.1, 0.15) is 22.8 Å². The number of halogens is 3. The second-order valence-electron chi connectivity index (χ2n) is 7.96. The average molecular weight is 621 g/mol. The number of nitrogens with one attached hydrogen (secondary N) is 2. The summed E-state index contributed by atoms with van der Waals surface area (Å²) in [6.45, 7) is 3.53. The van der Waals surface area contributed by atoms with Gasteiger partial charge in [-0.1, -0.05) is 29.5 Å². The predicted molar refractivity (Wildman–Crippen MR) is 146 cm³/mol. The number of alkyl halides is 1. The summed E-state index contributed by atoms with van der Waals surface area (Å²) in [5.74, 6) is -1.99. The molecule has 0 aliphatic rings. The van der Waals surface area contributed by atoms with Crippen molar-refractivity contribution in [3.8, 4) is 17.0 Å². The molecular weight excluding hydrogens is 595 g/mol. The van der Waals surface area contributed by atoms with Crippen LogP contribution in [0.25, 0.3) is 16.9 Å². The zero-order chi connectivity index (χ0) is 26.4. The van der Waals surface area contributed by atoms with Crippen LogP contribution < -0.4 is 15.4 Å². The van der Waals surface area contributed by atoms with Crippen molar-refractivity contribution in [3.05, 3.63) is 71.7 Å². The van der Waals surface area contributed by atoms with Crippen molar-refractivity contribution in [1.82, 2.24) is 19.7 Å². The molecule has 37 heavy (non-hydrogen) atoms. The number of methoxy groups -OCH3 is 1. The second-order valence-corrected chi connectivity index (χ2v) is 9.04. The Morgan fingerprint density at radius 2 is 1.97 bits per heavy atom. The Balaban J connectivity index is 1.57. The first-order chi connectivity index (χ1) is 18.0. The summed E-state index contributed by atoms with van der Waals surface area (Å²) in [6, 6.07) is 8.24. The Hall–Kier alpha value is -3.32. The van der Waals surface area contributed by atoms with Gasteiger partial charge in [-0.2, -0.15) is 4.39 Å². The van der Waals surface area contributed by atoms with Gasteiger partial charge in [-0.15, -0.1) is 0 Å².